The summed E-state index contributed by atoms with van der Waals surface area (Å²) in [5.41, 5.74) is -0.176. The highest BCUT2D eigenvalue weighted by atomic mass is 16.5. The van der Waals surface area contributed by atoms with Crippen molar-refractivity contribution in [1.29, 1.82) is 0 Å². The third kappa shape index (κ3) is 2.37. The van der Waals surface area contributed by atoms with Crippen molar-refractivity contribution in [2.75, 3.05) is 33.3 Å². The molecule has 0 radical (unpaired) electrons. The minimum absolute atomic E-state index is 0.00741. The van der Waals surface area contributed by atoms with Crippen LogP contribution in [-0.4, -0.2) is 50.2 Å². The SMILES string of the molecule is CCC1(C(=O)OC)CC(N2CCC[C@@H](C3CNC3)C2)C1. The number of carbonyl (C=O) groups is 1. The van der Waals surface area contributed by atoms with E-state index in [2.05, 4.69) is 17.1 Å². The monoisotopic (exact) mass is 280 g/mol. The second kappa shape index (κ2) is 5.64. The summed E-state index contributed by atoms with van der Waals surface area (Å²) in [5.74, 6) is 1.78. The Morgan fingerprint density at radius 2 is 2.10 bits per heavy atom. The van der Waals surface area contributed by atoms with Crippen LogP contribution in [0.2, 0.25) is 0 Å². The van der Waals surface area contributed by atoms with E-state index >= 15 is 0 Å². The molecular formula is C16H28N2O2. The summed E-state index contributed by atoms with van der Waals surface area (Å²) in [7, 11) is 1.52. The predicted octanol–water partition coefficient (Wildman–Crippen LogP) is 1.65. The van der Waals surface area contributed by atoms with Gasteiger partial charge in [0.1, 0.15) is 0 Å². The molecule has 4 nitrogen and oxygen atoms in total. The van der Waals surface area contributed by atoms with E-state index in [0.717, 1.165) is 31.1 Å². The summed E-state index contributed by atoms with van der Waals surface area (Å²) in [4.78, 5) is 14.6. The summed E-state index contributed by atoms with van der Waals surface area (Å²) in [6.45, 7) is 7.01. The van der Waals surface area contributed by atoms with Crippen molar-refractivity contribution in [3.63, 3.8) is 0 Å². The molecule has 0 aromatic carbocycles. The van der Waals surface area contributed by atoms with Crippen molar-refractivity contribution < 1.29 is 9.53 Å². The van der Waals surface area contributed by atoms with Gasteiger partial charge < -0.3 is 15.0 Å². The summed E-state index contributed by atoms with van der Waals surface area (Å²) in [6.07, 6.45) is 5.65. The van der Waals surface area contributed by atoms with Gasteiger partial charge in [-0.05, 0) is 63.6 Å². The molecule has 2 aliphatic heterocycles. The van der Waals surface area contributed by atoms with Gasteiger partial charge in [0.2, 0.25) is 0 Å². The highest BCUT2D eigenvalue weighted by Gasteiger charge is 2.52. The molecule has 0 aromatic rings. The zero-order chi connectivity index (χ0) is 14.2. The van der Waals surface area contributed by atoms with Crippen molar-refractivity contribution in [3.8, 4) is 0 Å². The lowest BCUT2D eigenvalue weighted by Gasteiger charge is -2.52. The smallest absolute Gasteiger partial charge is 0.311 e. The Kier molecular flexibility index (Phi) is 4.04. The zero-order valence-electron chi connectivity index (χ0n) is 12.9. The Morgan fingerprint density at radius 1 is 1.35 bits per heavy atom. The first-order chi connectivity index (χ1) is 9.68. The Hall–Kier alpha value is -0.610. The summed E-state index contributed by atoms with van der Waals surface area (Å²) < 4.78 is 5.00. The Bertz CT molecular complexity index is 361. The number of nitrogens with zero attached hydrogens (tertiary/aromatic N) is 1. The number of rotatable bonds is 4. The number of methoxy groups -OCH3 is 1. The van der Waals surface area contributed by atoms with E-state index in [1.165, 1.54) is 46.1 Å². The quantitative estimate of drug-likeness (QED) is 0.795. The first kappa shape index (κ1) is 14.3. The van der Waals surface area contributed by atoms with Crippen LogP contribution in [-0.2, 0) is 9.53 Å². The molecule has 3 rings (SSSR count). The summed E-state index contributed by atoms with van der Waals surface area (Å²) in [5, 5.41) is 3.40. The average Bonchev–Trinajstić information content (AvgIpc) is 2.36. The molecule has 1 N–H and O–H groups in total. The topological polar surface area (TPSA) is 41.6 Å². The third-order valence-corrected chi connectivity index (χ3v) is 6.03. The highest BCUT2D eigenvalue weighted by molar-refractivity contribution is 5.78. The maximum atomic E-state index is 12.0. The minimum atomic E-state index is -0.176. The largest absolute Gasteiger partial charge is 0.469 e. The molecule has 4 heteroatoms. The van der Waals surface area contributed by atoms with Crippen molar-refractivity contribution in [1.82, 2.24) is 10.2 Å². The van der Waals surface area contributed by atoms with Crippen LogP contribution < -0.4 is 5.32 Å². The summed E-state index contributed by atoms with van der Waals surface area (Å²) in [6, 6.07) is 0.616. The lowest BCUT2D eigenvalue weighted by molar-refractivity contribution is -0.164. The molecular weight excluding hydrogens is 252 g/mol. The molecule has 20 heavy (non-hydrogen) atoms. The van der Waals surface area contributed by atoms with Gasteiger partial charge in [0.25, 0.3) is 0 Å². The van der Waals surface area contributed by atoms with E-state index in [9.17, 15) is 4.79 Å². The second-order valence-electron chi connectivity index (χ2n) is 7.00. The van der Waals surface area contributed by atoms with Gasteiger partial charge in [-0.2, -0.15) is 0 Å². The molecule has 0 bridgehead atoms. The molecule has 114 valence electrons. The fraction of sp³-hybridized carbons (Fsp3) is 0.938. The summed E-state index contributed by atoms with van der Waals surface area (Å²) >= 11 is 0. The van der Waals surface area contributed by atoms with Gasteiger partial charge in [0.15, 0.2) is 0 Å². The maximum Gasteiger partial charge on any atom is 0.311 e. The molecule has 1 atom stereocenters. The first-order valence-electron chi connectivity index (χ1n) is 8.21. The van der Waals surface area contributed by atoms with Gasteiger partial charge >= 0.3 is 5.97 Å². The van der Waals surface area contributed by atoms with Crippen molar-refractivity contribution in [2.24, 2.45) is 17.3 Å². The molecule has 0 unspecified atom stereocenters. The molecule has 1 saturated carbocycles. The number of nitrogens with one attached hydrogen (secondary N) is 1. The van der Waals surface area contributed by atoms with Crippen LogP contribution in [0.3, 0.4) is 0 Å². The predicted molar refractivity (Wildman–Crippen MR) is 78.4 cm³/mol. The number of ether oxygens (including phenoxy) is 1. The third-order valence-electron chi connectivity index (χ3n) is 6.03. The Labute approximate surface area is 122 Å². The fourth-order valence-electron chi connectivity index (χ4n) is 4.32. The van der Waals surface area contributed by atoms with E-state index in [1.54, 1.807) is 0 Å². The Balaban J connectivity index is 1.54. The maximum absolute atomic E-state index is 12.0. The van der Waals surface area contributed by atoms with Crippen molar-refractivity contribution >= 4 is 5.97 Å². The van der Waals surface area contributed by atoms with E-state index in [0.29, 0.717) is 6.04 Å². The first-order valence-corrected chi connectivity index (χ1v) is 8.21. The number of hydrogen-bond donors (Lipinski definition) is 1. The van der Waals surface area contributed by atoms with E-state index < -0.39 is 0 Å². The molecule has 2 saturated heterocycles. The number of carbonyl (C=O) groups excluding carboxylic acids is 1. The number of hydrogen-bond acceptors (Lipinski definition) is 4. The van der Waals surface area contributed by atoms with Crippen molar-refractivity contribution in [3.05, 3.63) is 0 Å². The van der Waals surface area contributed by atoms with Crippen molar-refractivity contribution in [2.45, 2.75) is 45.1 Å². The Morgan fingerprint density at radius 3 is 2.65 bits per heavy atom. The van der Waals surface area contributed by atoms with Crippen LogP contribution in [0.5, 0.6) is 0 Å². The van der Waals surface area contributed by atoms with Gasteiger partial charge in [0.05, 0.1) is 12.5 Å². The number of esters is 1. The zero-order valence-corrected chi connectivity index (χ0v) is 12.9. The number of piperidine rings is 1. The van der Waals surface area contributed by atoms with Crippen LogP contribution >= 0.6 is 0 Å². The fourth-order valence-corrected chi connectivity index (χ4v) is 4.32. The van der Waals surface area contributed by atoms with Gasteiger partial charge in [-0.1, -0.05) is 6.92 Å². The minimum Gasteiger partial charge on any atom is -0.469 e. The van der Waals surface area contributed by atoms with E-state index in [4.69, 9.17) is 4.74 Å². The van der Waals surface area contributed by atoms with Gasteiger partial charge in [-0.3, -0.25) is 4.79 Å². The van der Waals surface area contributed by atoms with Crippen LogP contribution in [0.4, 0.5) is 0 Å². The molecule has 2 heterocycles. The molecule has 3 fully saturated rings. The van der Waals surface area contributed by atoms with Gasteiger partial charge in [-0.25, -0.2) is 0 Å². The van der Waals surface area contributed by atoms with E-state index in [1.807, 2.05) is 0 Å². The standard InChI is InChI=1S/C16H28N2O2/c1-3-16(15(19)20-2)7-14(8-16)18-6-4-5-12(11-18)13-9-17-10-13/h12-14,17H,3-11H2,1-2H3/t12-,14?,16?/m1/s1. The average molecular weight is 280 g/mol. The number of likely N-dealkylation sites (tertiary alicyclic amines) is 1. The lowest BCUT2D eigenvalue weighted by atomic mass is 9.62. The van der Waals surface area contributed by atoms with E-state index in [-0.39, 0.29) is 11.4 Å². The molecule has 0 spiro atoms. The van der Waals surface area contributed by atoms with Crippen LogP contribution in [0.15, 0.2) is 0 Å². The highest BCUT2D eigenvalue weighted by Crippen LogP contribution is 2.48. The van der Waals surface area contributed by atoms with Gasteiger partial charge in [0, 0.05) is 12.6 Å². The molecule has 0 aromatic heterocycles. The van der Waals surface area contributed by atoms with Crippen LogP contribution in [0, 0.1) is 17.3 Å². The molecule has 0 amide bonds. The van der Waals surface area contributed by atoms with Crippen LogP contribution in [0.25, 0.3) is 0 Å². The second-order valence-corrected chi connectivity index (χ2v) is 7.00. The molecule has 1 aliphatic carbocycles. The van der Waals surface area contributed by atoms with Gasteiger partial charge in [-0.15, -0.1) is 0 Å². The molecule has 3 aliphatic rings. The lowest BCUT2D eigenvalue weighted by Crippen LogP contribution is -2.58. The normalized spacial score (nSPS) is 38.9. The van der Waals surface area contributed by atoms with Crippen LogP contribution in [0.1, 0.15) is 39.0 Å².